The fourth-order valence-electron chi connectivity index (χ4n) is 0.787. The molecule has 0 aliphatic carbocycles. The molecule has 0 radical (unpaired) electrons. The highest BCUT2D eigenvalue weighted by Gasteiger charge is 2.26. The highest BCUT2D eigenvalue weighted by Crippen LogP contribution is 1.87. The van der Waals surface area contributed by atoms with Crippen molar-refractivity contribution >= 4 is 18.3 Å². The van der Waals surface area contributed by atoms with Crippen LogP contribution in [0, 0.1) is 0 Å². The van der Waals surface area contributed by atoms with Crippen molar-refractivity contribution in [1.29, 1.82) is 0 Å². The molecule has 0 spiro atoms. The molecule has 0 saturated heterocycles. The summed E-state index contributed by atoms with van der Waals surface area (Å²) in [7, 11) is 1.15. The van der Waals surface area contributed by atoms with Crippen molar-refractivity contribution in [3.8, 4) is 0 Å². The molecule has 6 heteroatoms. The fraction of sp³-hybridized carbons (Fsp3) is 0.625. The Balaban J connectivity index is 4.24. The lowest BCUT2D eigenvalue weighted by Crippen LogP contribution is -2.49. The van der Waals surface area contributed by atoms with Gasteiger partial charge in [-0.3, -0.25) is 9.59 Å². The topological polar surface area (TPSA) is 84.5 Å². The molecule has 1 unspecified atom stereocenters. The minimum absolute atomic E-state index is 0.285. The monoisotopic (exact) mass is 202 g/mol. The SMILES string of the molecule is CCCNC(=O)C(NC=O)C(=O)OC. The van der Waals surface area contributed by atoms with Crippen molar-refractivity contribution in [2.75, 3.05) is 13.7 Å². The van der Waals surface area contributed by atoms with Gasteiger partial charge in [-0.15, -0.1) is 0 Å². The molecule has 0 heterocycles. The Morgan fingerprint density at radius 2 is 2.14 bits per heavy atom. The molecule has 0 aliphatic rings. The molecule has 0 aromatic rings. The number of methoxy groups -OCH3 is 1. The van der Waals surface area contributed by atoms with Gasteiger partial charge in [-0.2, -0.15) is 0 Å². The van der Waals surface area contributed by atoms with Crippen molar-refractivity contribution in [2.24, 2.45) is 0 Å². The summed E-state index contributed by atoms with van der Waals surface area (Å²) in [6.07, 6.45) is 1.04. The molecular formula is C8H14N2O4. The van der Waals surface area contributed by atoms with Crippen LogP contribution in [-0.4, -0.2) is 38.0 Å². The minimum atomic E-state index is -1.26. The molecule has 0 aromatic carbocycles. The van der Waals surface area contributed by atoms with Crippen LogP contribution in [0.2, 0.25) is 0 Å². The van der Waals surface area contributed by atoms with Crippen molar-refractivity contribution < 1.29 is 19.1 Å². The van der Waals surface area contributed by atoms with Gasteiger partial charge in [-0.25, -0.2) is 4.79 Å². The predicted molar refractivity (Wildman–Crippen MR) is 48.3 cm³/mol. The predicted octanol–water partition coefficient (Wildman–Crippen LogP) is -1.20. The molecule has 2 N–H and O–H groups in total. The molecule has 6 nitrogen and oxygen atoms in total. The average Bonchev–Trinajstić information content (AvgIpc) is 2.21. The fourth-order valence-corrected chi connectivity index (χ4v) is 0.787. The van der Waals surface area contributed by atoms with Crippen molar-refractivity contribution in [2.45, 2.75) is 19.4 Å². The molecular weight excluding hydrogens is 188 g/mol. The molecule has 1 atom stereocenters. The largest absolute Gasteiger partial charge is 0.467 e. The Hall–Kier alpha value is -1.59. The minimum Gasteiger partial charge on any atom is -0.467 e. The Morgan fingerprint density at radius 3 is 2.57 bits per heavy atom. The van der Waals surface area contributed by atoms with Gasteiger partial charge < -0.3 is 15.4 Å². The molecule has 0 rings (SSSR count). The van der Waals surface area contributed by atoms with Gasteiger partial charge in [0.05, 0.1) is 7.11 Å². The second kappa shape index (κ2) is 6.88. The lowest BCUT2D eigenvalue weighted by Gasteiger charge is -2.12. The quantitative estimate of drug-likeness (QED) is 0.322. The molecule has 0 bridgehead atoms. The molecule has 2 amide bonds. The maximum atomic E-state index is 11.3. The normalized spacial score (nSPS) is 11.3. The van der Waals surface area contributed by atoms with Gasteiger partial charge in [-0.1, -0.05) is 6.92 Å². The zero-order chi connectivity index (χ0) is 11.0. The van der Waals surface area contributed by atoms with Crippen LogP contribution in [-0.2, 0) is 19.1 Å². The van der Waals surface area contributed by atoms with Gasteiger partial charge in [0.15, 0.2) is 0 Å². The first-order valence-corrected chi connectivity index (χ1v) is 4.22. The molecule has 0 fully saturated rings. The van der Waals surface area contributed by atoms with E-state index >= 15 is 0 Å². The summed E-state index contributed by atoms with van der Waals surface area (Å²) in [5, 5.41) is 4.55. The van der Waals surface area contributed by atoms with Gasteiger partial charge in [-0.05, 0) is 6.42 Å². The Labute approximate surface area is 82.0 Å². The van der Waals surface area contributed by atoms with Gasteiger partial charge in [0.25, 0.3) is 5.91 Å². The van der Waals surface area contributed by atoms with E-state index in [2.05, 4.69) is 15.4 Å². The maximum absolute atomic E-state index is 11.3. The van der Waals surface area contributed by atoms with Gasteiger partial charge in [0, 0.05) is 6.54 Å². The molecule has 0 saturated carbocycles. The number of rotatable bonds is 6. The number of hydrogen-bond acceptors (Lipinski definition) is 4. The van der Waals surface area contributed by atoms with Crippen LogP contribution in [0.3, 0.4) is 0 Å². The highest BCUT2D eigenvalue weighted by molar-refractivity contribution is 6.03. The van der Waals surface area contributed by atoms with Crippen molar-refractivity contribution in [3.05, 3.63) is 0 Å². The van der Waals surface area contributed by atoms with Crippen molar-refractivity contribution in [3.63, 3.8) is 0 Å². The Bertz CT molecular complexity index is 217. The van der Waals surface area contributed by atoms with E-state index in [4.69, 9.17) is 0 Å². The number of carbonyl (C=O) groups is 3. The molecule has 14 heavy (non-hydrogen) atoms. The van der Waals surface area contributed by atoms with Crippen LogP contribution < -0.4 is 10.6 Å². The standard InChI is InChI=1S/C8H14N2O4/c1-3-4-9-7(12)6(10-5-11)8(13)14-2/h5-6H,3-4H2,1-2H3,(H,9,12)(H,10,11). The number of esters is 1. The van der Waals surface area contributed by atoms with E-state index in [1.54, 1.807) is 0 Å². The maximum Gasteiger partial charge on any atom is 0.338 e. The van der Waals surface area contributed by atoms with E-state index in [9.17, 15) is 14.4 Å². The molecule has 80 valence electrons. The van der Waals surface area contributed by atoms with Crippen LogP contribution in [0.1, 0.15) is 13.3 Å². The average molecular weight is 202 g/mol. The lowest BCUT2D eigenvalue weighted by molar-refractivity contribution is -0.148. The number of hydrogen-bond donors (Lipinski definition) is 2. The highest BCUT2D eigenvalue weighted by atomic mass is 16.5. The summed E-state index contributed by atoms with van der Waals surface area (Å²) in [6, 6.07) is -1.26. The van der Waals surface area contributed by atoms with Crippen LogP contribution in [0.25, 0.3) is 0 Å². The molecule has 0 aromatic heterocycles. The van der Waals surface area contributed by atoms with Crippen LogP contribution in [0.15, 0.2) is 0 Å². The van der Waals surface area contributed by atoms with Crippen LogP contribution in [0.5, 0.6) is 0 Å². The van der Waals surface area contributed by atoms with Crippen LogP contribution >= 0.6 is 0 Å². The van der Waals surface area contributed by atoms with Crippen molar-refractivity contribution in [1.82, 2.24) is 10.6 Å². The third-order valence-electron chi connectivity index (χ3n) is 1.48. The Kier molecular flexibility index (Phi) is 6.09. The van der Waals surface area contributed by atoms with Crippen LogP contribution in [0.4, 0.5) is 0 Å². The first-order valence-electron chi connectivity index (χ1n) is 4.22. The number of carbonyl (C=O) groups excluding carboxylic acids is 3. The number of amides is 2. The molecule has 0 aliphatic heterocycles. The van der Waals surface area contributed by atoms with E-state index in [-0.39, 0.29) is 6.41 Å². The van der Waals surface area contributed by atoms with E-state index in [1.807, 2.05) is 6.92 Å². The van der Waals surface area contributed by atoms with Gasteiger partial charge in [0.1, 0.15) is 0 Å². The van der Waals surface area contributed by atoms with E-state index in [0.29, 0.717) is 6.54 Å². The summed E-state index contributed by atoms with van der Waals surface area (Å²) in [6.45, 7) is 2.33. The summed E-state index contributed by atoms with van der Waals surface area (Å²) in [4.78, 5) is 32.4. The van der Waals surface area contributed by atoms with E-state index < -0.39 is 17.9 Å². The second-order valence-corrected chi connectivity index (χ2v) is 2.53. The van der Waals surface area contributed by atoms with Gasteiger partial charge >= 0.3 is 5.97 Å². The van der Waals surface area contributed by atoms with Gasteiger partial charge in [0.2, 0.25) is 12.5 Å². The Morgan fingerprint density at radius 1 is 1.50 bits per heavy atom. The summed E-state index contributed by atoms with van der Waals surface area (Å²) < 4.78 is 4.34. The first kappa shape index (κ1) is 12.4. The number of nitrogens with one attached hydrogen (secondary N) is 2. The zero-order valence-corrected chi connectivity index (χ0v) is 8.20. The second-order valence-electron chi connectivity index (χ2n) is 2.53. The zero-order valence-electron chi connectivity index (χ0n) is 8.20. The summed E-state index contributed by atoms with van der Waals surface area (Å²) >= 11 is 0. The number of ether oxygens (including phenoxy) is 1. The lowest BCUT2D eigenvalue weighted by atomic mass is 10.3. The van der Waals surface area contributed by atoms with E-state index in [0.717, 1.165) is 13.5 Å². The van der Waals surface area contributed by atoms with E-state index in [1.165, 1.54) is 0 Å². The third-order valence-corrected chi connectivity index (χ3v) is 1.48. The summed E-state index contributed by atoms with van der Waals surface area (Å²) in [5.41, 5.74) is 0. The summed E-state index contributed by atoms with van der Waals surface area (Å²) in [5.74, 6) is -1.35. The third kappa shape index (κ3) is 3.88. The first-order chi connectivity index (χ1) is 6.67. The smallest absolute Gasteiger partial charge is 0.338 e.